The van der Waals surface area contributed by atoms with E-state index in [1.807, 2.05) is 24.3 Å². The molecule has 0 spiro atoms. The van der Waals surface area contributed by atoms with Crippen LogP contribution in [0.4, 0.5) is 10.5 Å². The fourth-order valence-electron chi connectivity index (χ4n) is 2.27. The van der Waals surface area contributed by atoms with Gasteiger partial charge in [-0.05, 0) is 32.4 Å². The summed E-state index contributed by atoms with van der Waals surface area (Å²) in [5, 5.41) is 2.66. The molecule has 0 radical (unpaired) electrons. The standard InChI is InChI=1S/C15H20N2O3/c1-15(2,3)20-14(19)16-9-11-10-7-5-6-8-12(10)17(4)13(11)18/h5-8,11H,9H2,1-4H3,(H,16,19). The fraction of sp³-hybridized carbons (Fsp3) is 0.467. The Labute approximate surface area is 118 Å². The third kappa shape index (κ3) is 2.92. The van der Waals surface area contributed by atoms with E-state index >= 15 is 0 Å². The Morgan fingerprint density at radius 1 is 1.35 bits per heavy atom. The average molecular weight is 276 g/mol. The van der Waals surface area contributed by atoms with E-state index in [4.69, 9.17) is 4.74 Å². The summed E-state index contributed by atoms with van der Waals surface area (Å²) in [7, 11) is 1.74. The van der Waals surface area contributed by atoms with E-state index in [1.54, 1.807) is 32.7 Å². The van der Waals surface area contributed by atoms with Gasteiger partial charge in [-0.2, -0.15) is 0 Å². The molecule has 1 aromatic carbocycles. The number of alkyl carbamates (subject to hydrolysis) is 1. The van der Waals surface area contributed by atoms with Crippen molar-refractivity contribution in [3.8, 4) is 0 Å². The maximum absolute atomic E-state index is 12.2. The van der Waals surface area contributed by atoms with Gasteiger partial charge in [0.15, 0.2) is 0 Å². The highest BCUT2D eigenvalue weighted by atomic mass is 16.6. The lowest BCUT2D eigenvalue weighted by Gasteiger charge is -2.20. The smallest absolute Gasteiger partial charge is 0.407 e. The fourth-order valence-corrected chi connectivity index (χ4v) is 2.27. The third-order valence-electron chi connectivity index (χ3n) is 3.15. The van der Waals surface area contributed by atoms with Crippen molar-refractivity contribution < 1.29 is 14.3 Å². The van der Waals surface area contributed by atoms with Gasteiger partial charge < -0.3 is 15.0 Å². The van der Waals surface area contributed by atoms with Crippen LogP contribution in [0.1, 0.15) is 32.3 Å². The first kappa shape index (κ1) is 14.4. The van der Waals surface area contributed by atoms with Crippen LogP contribution in [0.3, 0.4) is 0 Å². The van der Waals surface area contributed by atoms with Crippen LogP contribution < -0.4 is 10.2 Å². The number of hydrogen-bond donors (Lipinski definition) is 1. The van der Waals surface area contributed by atoms with Crippen molar-refractivity contribution >= 4 is 17.7 Å². The highest BCUT2D eigenvalue weighted by molar-refractivity contribution is 6.04. The van der Waals surface area contributed by atoms with Gasteiger partial charge in [-0.15, -0.1) is 0 Å². The zero-order valence-electron chi connectivity index (χ0n) is 12.3. The molecule has 5 nitrogen and oxygen atoms in total. The summed E-state index contributed by atoms with van der Waals surface area (Å²) < 4.78 is 5.17. The number of para-hydroxylation sites is 1. The Kier molecular flexibility index (Phi) is 3.70. The van der Waals surface area contributed by atoms with E-state index in [1.165, 1.54) is 0 Å². The molecule has 20 heavy (non-hydrogen) atoms. The third-order valence-corrected chi connectivity index (χ3v) is 3.15. The number of carbonyl (C=O) groups is 2. The van der Waals surface area contributed by atoms with E-state index in [0.717, 1.165) is 11.3 Å². The number of fused-ring (bicyclic) bond motifs is 1. The molecule has 1 heterocycles. The van der Waals surface area contributed by atoms with Gasteiger partial charge in [0.25, 0.3) is 0 Å². The molecular weight excluding hydrogens is 256 g/mol. The Morgan fingerprint density at radius 3 is 2.65 bits per heavy atom. The normalized spacial score (nSPS) is 17.9. The summed E-state index contributed by atoms with van der Waals surface area (Å²) in [5.74, 6) is -0.356. The molecule has 1 unspecified atom stereocenters. The Bertz CT molecular complexity index is 534. The molecule has 1 aliphatic rings. The Hall–Kier alpha value is -2.04. The number of likely N-dealkylation sites (N-methyl/N-ethyl adjacent to an activating group) is 1. The summed E-state index contributed by atoms with van der Waals surface area (Å²) in [6.45, 7) is 5.65. The van der Waals surface area contributed by atoms with Crippen LogP contribution in [0.5, 0.6) is 0 Å². The van der Waals surface area contributed by atoms with Crippen molar-refractivity contribution in [1.29, 1.82) is 0 Å². The number of hydrogen-bond acceptors (Lipinski definition) is 3. The van der Waals surface area contributed by atoms with Crippen molar-refractivity contribution in [2.24, 2.45) is 0 Å². The van der Waals surface area contributed by atoms with Gasteiger partial charge >= 0.3 is 6.09 Å². The number of amides is 2. The number of carbonyl (C=O) groups excluding carboxylic acids is 2. The zero-order valence-corrected chi connectivity index (χ0v) is 12.3. The first-order valence-electron chi connectivity index (χ1n) is 6.63. The maximum Gasteiger partial charge on any atom is 0.407 e. The molecule has 0 saturated carbocycles. The van der Waals surface area contributed by atoms with Gasteiger partial charge in [0, 0.05) is 19.3 Å². The zero-order chi connectivity index (χ0) is 14.9. The van der Waals surface area contributed by atoms with E-state index in [0.29, 0.717) is 0 Å². The van der Waals surface area contributed by atoms with Gasteiger partial charge in [0.2, 0.25) is 5.91 Å². The Balaban J connectivity index is 2.04. The largest absolute Gasteiger partial charge is 0.444 e. The second kappa shape index (κ2) is 5.15. The average Bonchev–Trinajstić information content (AvgIpc) is 2.59. The molecule has 0 aromatic heterocycles. The van der Waals surface area contributed by atoms with Gasteiger partial charge in [-0.1, -0.05) is 18.2 Å². The molecule has 108 valence electrons. The van der Waals surface area contributed by atoms with Crippen molar-refractivity contribution in [3.05, 3.63) is 29.8 Å². The van der Waals surface area contributed by atoms with Crippen LogP contribution in [-0.2, 0) is 9.53 Å². The minimum atomic E-state index is -0.543. The second-order valence-corrected chi connectivity index (χ2v) is 5.89. The molecule has 5 heteroatoms. The number of rotatable bonds is 2. The molecule has 1 N–H and O–H groups in total. The van der Waals surface area contributed by atoms with Crippen LogP contribution in [0.25, 0.3) is 0 Å². The molecule has 0 bridgehead atoms. The molecule has 1 aliphatic heterocycles. The number of anilines is 1. The summed E-state index contributed by atoms with van der Waals surface area (Å²) in [4.78, 5) is 25.5. The topological polar surface area (TPSA) is 58.6 Å². The Morgan fingerprint density at radius 2 is 2.00 bits per heavy atom. The van der Waals surface area contributed by atoms with Crippen LogP contribution in [0, 0.1) is 0 Å². The summed E-state index contributed by atoms with van der Waals surface area (Å²) in [6, 6.07) is 7.61. The van der Waals surface area contributed by atoms with Gasteiger partial charge in [0.05, 0.1) is 5.92 Å². The molecule has 2 rings (SSSR count). The quantitative estimate of drug-likeness (QED) is 0.901. The number of benzene rings is 1. The van der Waals surface area contributed by atoms with Crippen LogP contribution in [0.2, 0.25) is 0 Å². The SMILES string of the molecule is CN1C(=O)C(CNC(=O)OC(C)(C)C)c2ccccc21. The van der Waals surface area contributed by atoms with Crippen LogP contribution in [-0.4, -0.2) is 31.2 Å². The van der Waals surface area contributed by atoms with E-state index in [2.05, 4.69) is 5.32 Å². The monoisotopic (exact) mass is 276 g/mol. The lowest BCUT2D eigenvalue weighted by atomic mass is 10.0. The molecule has 0 aliphatic carbocycles. The van der Waals surface area contributed by atoms with Crippen molar-refractivity contribution in [2.45, 2.75) is 32.3 Å². The number of nitrogens with zero attached hydrogens (tertiary/aromatic N) is 1. The molecule has 0 fully saturated rings. The minimum absolute atomic E-state index is 0.0118. The van der Waals surface area contributed by atoms with Crippen molar-refractivity contribution in [2.75, 3.05) is 18.5 Å². The highest BCUT2D eigenvalue weighted by Crippen LogP contribution is 2.35. The summed E-state index contributed by atoms with van der Waals surface area (Å²) in [5.41, 5.74) is 1.29. The molecule has 1 atom stereocenters. The van der Waals surface area contributed by atoms with Gasteiger partial charge in [-0.3, -0.25) is 4.79 Å². The summed E-state index contributed by atoms with van der Waals surface area (Å²) >= 11 is 0. The first-order chi connectivity index (χ1) is 9.29. The molecule has 2 amide bonds. The van der Waals surface area contributed by atoms with Gasteiger partial charge in [0.1, 0.15) is 5.60 Å². The van der Waals surface area contributed by atoms with Crippen molar-refractivity contribution in [3.63, 3.8) is 0 Å². The van der Waals surface area contributed by atoms with E-state index in [9.17, 15) is 9.59 Å². The number of ether oxygens (including phenoxy) is 1. The maximum atomic E-state index is 12.2. The van der Waals surface area contributed by atoms with E-state index < -0.39 is 11.7 Å². The van der Waals surface area contributed by atoms with Crippen molar-refractivity contribution in [1.82, 2.24) is 5.32 Å². The minimum Gasteiger partial charge on any atom is -0.444 e. The first-order valence-corrected chi connectivity index (χ1v) is 6.63. The lowest BCUT2D eigenvalue weighted by molar-refractivity contribution is -0.118. The highest BCUT2D eigenvalue weighted by Gasteiger charge is 2.35. The predicted octanol–water partition coefficient (Wildman–Crippen LogP) is 2.27. The van der Waals surface area contributed by atoms with E-state index in [-0.39, 0.29) is 18.4 Å². The van der Waals surface area contributed by atoms with Crippen LogP contribution >= 0.6 is 0 Å². The number of nitrogens with one attached hydrogen (secondary N) is 1. The lowest BCUT2D eigenvalue weighted by Crippen LogP contribution is -2.37. The summed E-state index contributed by atoms with van der Waals surface area (Å²) in [6.07, 6.45) is -0.502. The molecule has 0 saturated heterocycles. The predicted molar refractivity (Wildman–Crippen MR) is 76.8 cm³/mol. The molecular formula is C15H20N2O3. The van der Waals surface area contributed by atoms with Gasteiger partial charge in [-0.25, -0.2) is 4.79 Å². The second-order valence-electron chi connectivity index (χ2n) is 5.89. The van der Waals surface area contributed by atoms with Crippen LogP contribution in [0.15, 0.2) is 24.3 Å². The molecule has 1 aromatic rings.